The third kappa shape index (κ3) is 6.21. The van der Waals surface area contributed by atoms with Crippen molar-refractivity contribution in [3.05, 3.63) is 34.9 Å². The molecule has 0 fully saturated rings. The summed E-state index contributed by atoms with van der Waals surface area (Å²) in [5.74, 6) is -0.696. The Hall–Kier alpha value is -0.920. The summed E-state index contributed by atoms with van der Waals surface area (Å²) in [6.07, 6.45) is 1.25. The van der Waals surface area contributed by atoms with Crippen LogP contribution in [-0.4, -0.2) is 0 Å². The van der Waals surface area contributed by atoms with Gasteiger partial charge in [-0.3, -0.25) is 0 Å². The number of halogens is 2. The predicted octanol–water partition coefficient (Wildman–Crippen LogP) is 5.02. The second-order valence-electron chi connectivity index (χ2n) is 2.99. The normalized spacial score (nSPS) is 8.27. The standard InChI is InChI=1S/C8H8F2.C3H8.C2H6/c1-5-6(2)8(10)4-3-7(5)9;1-3-2;1-2/h3-4H,1-2H3;3H2,1-2H3;1-2H3. The highest BCUT2D eigenvalue weighted by molar-refractivity contribution is 5.27. The van der Waals surface area contributed by atoms with Crippen molar-refractivity contribution in [1.29, 1.82) is 0 Å². The summed E-state index contributed by atoms with van der Waals surface area (Å²) in [4.78, 5) is 0. The molecule has 0 aliphatic rings. The first-order chi connectivity index (χ1) is 7.04. The SMILES string of the molecule is CC.CCC.Cc1c(F)ccc(F)c1C. The first-order valence-corrected chi connectivity index (χ1v) is 5.45. The Balaban J connectivity index is 0. The number of benzene rings is 1. The van der Waals surface area contributed by atoms with Crippen molar-refractivity contribution in [2.45, 2.75) is 48.0 Å². The zero-order valence-electron chi connectivity index (χ0n) is 10.6. The largest absolute Gasteiger partial charge is 0.207 e. The molecular weight excluding hydrogens is 194 g/mol. The van der Waals surface area contributed by atoms with E-state index >= 15 is 0 Å². The van der Waals surface area contributed by atoms with E-state index < -0.39 is 0 Å². The summed E-state index contributed by atoms with van der Waals surface area (Å²) < 4.78 is 25.2. The molecule has 1 aromatic carbocycles. The molecule has 0 heterocycles. The Morgan fingerprint density at radius 3 is 1.27 bits per heavy atom. The maximum atomic E-state index is 12.6. The minimum Gasteiger partial charge on any atom is -0.207 e. The van der Waals surface area contributed by atoms with Crippen molar-refractivity contribution in [2.75, 3.05) is 0 Å². The van der Waals surface area contributed by atoms with Crippen LogP contribution in [0.3, 0.4) is 0 Å². The van der Waals surface area contributed by atoms with Crippen LogP contribution in [0.4, 0.5) is 8.78 Å². The Morgan fingerprint density at radius 2 is 1.07 bits per heavy atom. The second-order valence-corrected chi connectivity index (χ2v) is 2.99. The molecule has 0 amide bonds. The highest BCUT2D eigenvalue weighted by Gasteiger charge is 2.03. The number of rotatable bonds is 0. The summed E-state index contributed by atoms with van der Waals surface area (Å²) in [6, 6.07) is 2.27. The molecule has 0 saturated carbocycles. The van der Waals surface area contributed by atoms with E-state index in [1.54, 1.807) is 13.8 Å². The molecule has 0 spiro atoms. The van der Waals surface area contributed by atoms with Gasteiger partial charge in [-0.15, -0.1) is 0 Å². The molecule has 0 bridgehead atoms. The molecule has 0 aromatic heterocycles. The summed E-state index contributed by atoms with van der Waals surface area (Å²) in [5.41, 5.74) is 0.778. The van der Waals surface area contributed by atoms with Crippen molar-refractivity contribution >= 4 is 0 Å². The van der Waals surface area contributed by atoms with Crippen molar-refractivity contribution in [2.24, 2.45) is 0 Å². The van der Waals surface area contributed by atoms with Crippen LogP contribution in [0.5, 0.6) is 0 Å². The van der Waals surface area contributed by atoms with E-state index in [1.807, 2.05) is 13.8 Å². The molecule has 0 radical (unpaired) electrons. The molecule has 1 aromatic rings. The van der Waals surface area contributed by atoms with Gasteiger partial charge in [0.25, 0.3) is 0 Å². The van der Waals surface area contributed by atoms with E-state index in [2.05, 4.69) is 13.8 Å². The average molecular weight is 216 g/mol. The fraction of sp³-hybridized carbons (Fsp3) is 0.538. The van der Waals surface area contributed by atoms with E-state index in [9.17, 15) is 8.78 Å². The minimum absolute atomic E-state index is 0.348. The lowest BCUT2D eigenvalue weighted by Crippen LogP contribution is -1.90. The molecule has 0 nitrogen and oxygen atoms in total. The summed E-state index contributed by atoms with van der Waals surface area (Å²) in [6.45, 7) is 11.4. The lowest BCUT2D eigenvalue weighted by molar-refractivity contribution is 0.584. The van der Waals surface area contributed by atoms with Crippen LogP contribution >= 0.6 is 0 Å². The molecule has 0 unspecified atom stereocenters. The highest BCUT2D eigenvalue weighted by atomic mass is 19.1. The summed E-state index contributed by atoms with van der Waals surface area (Å²) in [7, 11) is 0. The zero-order chi connectivity index (χ0) is 12.4. The lowest BCUT2D eigenvalue weighted by Gasteiger charge is -2.00. The summed E-state index contributed by atoms with van der Waals surface area (Å²) >= 11 is 0. The van der Waals surface area contributed by atoms with Gasteiger partial charge in [0, 0.05) is 0 Å². The quantitative estimate of drug-likeness (QED) is 0.571. The average Bonchev–Trinajstić information content (AvgIpc) is 2.25. The third-order valence-corrected chi connectivity index (χ3v) is 1.65. The van der Waals surface area contributed by atoms with E-state index in [0.717, 1.165) is 12.1 Å². The smallest absolute Gasteiger partial charge is 0.126 e. The number of hydrogen-bond donors (Lipinski definition) is 0. The van der Waals surface area contributed by atoms with E-state index in [-0.39, 0.29) is 11.6 Å². The van der Waals surface area contributed by atoms with E-state index in [1.165, 1.54) is 6.42 Å². The van der Waals surface area contributed by atoms with Crippen LogP contribution in [0.1, 0.15) is 45.2 Å². The van der Waals surface area contributed by atoms with Crippen LogP contribution in [0.15, 0.2) is 12.1 Å². The van der Waals surface area contributed by atoms with E-state index in [0.29, 0.717) is 11.1 Å². The van der Waals surface area contributed by atoms with Gasteiger partial charge >= 0.3 is 0 Å². The monoisotopic (exact) mass is 216 g/mol. The molecule has 0 aliphatic carbocycles. The fourth-order valence-electron chi connectivity index (χ4n) is 0.755. The Kier molecular flexibility index (Phi) is 10.6. The third-order valence-electron chi connectivity index (χ3n) is 1.65. The molecule has 0 N–H and O–H groups in total. The molecule has 0 aliphatic heterocycles. The van der Waals surface area contributed by atoms with Gasteiger partial charge in [-0.05, 0) is 37.1 Å². The molecular formula is C13H22F2. The number of hydrogen-bond acceptors (Lipinski definition) is 0. The maximum absolute atomic E-state index is 12.6. The molecule has 0 saturated heterocycles. The zero-order valence-corrected chi connectivity index (χ0v) is 10.6. The first-order valence-electron chi connectivity index (χ1n) is 5.45. The van der Waals surface area contributed by atoms with Crippen molar-refractivity contribution < 1.29 is 8.78 Å². The predicted molar refractivity (Wildman–Crippen MR) is 63.1 cm³/mol. The van der Waals surface area contributed by atoms with E-state index in [4.69, 9.17) is 0 Å². The topological polar surface area (TPSA) is 0 Å². The van der Waals surface area contributed by atoms with Gasteiger partial charge in [-0.25, -0.2) is 8.78 Å². The van der Waals surface area contributed by atoms with Gasteiger partial charge < -0.3 is 0 Å². The maximum Gasteiger partial charge on any atom is 0.126 e. The molecule has 2 heteroatoms. The van der Waals surface area contributed by atoms with Gasteiger partial charge in [0.2, 0.25) is 0 Å². The minimum atomic E-state index is -0.348. The van der Waals surface area contributed by atoms with Crippen LogP contribution in [0.25, 0.3) is 0 Å². The Morgan fingerprint density at radius 1 is 0.867 bits per heavy atom. The van der Waals surface area contributed by atoms with Gasteiger partial charge in [0.15, 0.2) is 0 Å². The Bertz CT molecular complexity index is 240. The van der Waals surface area contributed by atoms with Gasteiger partial charge in [-0.1, -0.05) is 34.1 Å². The summed E-state index contributed by atoms with van der Waals surface area (Å²) in [5, 5.41) is 0. The van der Waals surface area contributed by atoms with Crippen molar-refractivity contribution in [3.8, 4) is 0 Å². The van der Waals surface area contributed by atoms with Crippen LogP contribution in [-0.2, 0) is 0 Å². The van der Waals surface area contributed by atoms with Gasteiger partial charge in [-0.2, -0.15) is 0 Å². The van der Waals surface area contributed by atoms with Gasteiger partial charge in [0.1, 0.15) is 11.6 Å². The Labute approximate surface area is 92.3 Å². The highest BCUT2D eigenvalue weighted by Crippen LogP contribution is 2.14. The first kappa shape index (κ1) is 16.5. The molecule has 15 heavy (non-hydrogen) atoms. The van der Waals surface area contributed by atoms with Crippen molar-refractivity contribution in [1.82, 2.24) is 0 Å². The lowest BCUT2D eigenvalue weighted by atomic mass is 10.1. The van der Waals surface area contributed by atoms with Gasteiger partial charge in [0.05, 0.1) is 0 Å². The van der Waals surface area contributed by atoms with Crippen LogP contribution < -0.4 is 0 Å². The van der Waals surface area contributed by atoms with Crippen LogP contribution in [0.2, 0.25) is 0 Å². The van der Waals surface area contributed by atoms with Crippen LogP contribution in [0, 0.1) is 25.5 Å². The van der Waals surface area contributed by atoms with Crippen molar-refractivity contribution in [3.63, 3.8) is 0 Å². The molecule has 0 atom stereocenters. The fourth-order valence-corrected chi connectivity index (χ4v) is 0.755. The second kappa shape index (κ2) is 9.63. The molecule has 88 valence electrons. The molecule has 1 rings (SSSR count).